The number of carbonyl (C=O) groups excluding carboxylic acids is 1. The topological polar surface area (TPSA) is 108 Å². The maximum absolute atomic E-state index is 15.6. The molecule has 0 fully saturated rings. The summed E-state index contributed by atoms with van der Waals surface area (Å²) in [7, 11) is 0. The fraction of sp³-hybridized carbons (Fsp3) is 0.0750. The monoisotopic (exact) mass is 627 g/mol. The Bertz CT molecular complexity index is 2130. The number of nitrogens with two attached hydrogens (primary N) is 2. The zero-order valence-electron chi connectivity index (χ0n) is 26.4. The number of hydrogen-bond donors (Lipinski definition) is 2. The van der Waals surface area contributed by atoms with Gasteiger partial charge in [-0.05, 0) is 37.3 Å². The predicted molar refractivity (Wildman–Crippen MR) is 191 cm³/mol. The van der Waals surface area contributed by atoms with Gasteiger partial charge in [0.2, 0.25) is 5.91 Å². The third kappa shape index (κ3) is 4.19. The highest BCUT2D eigenvalue weighted by molar-refractivity contribution is 6.16. The van der Waals surface area contributed by atoms with Gasteiger partial charge in [0.15, 0.2) is 0 Å². The van der Waals surface area contributed by atoms with Gasteiger partial charge in [-0.2, -0.15) is 10.2 Å². The Kier molecular flexibility index (Phi) is 6.91. The molecule has 7 aromatic rings. The van der Waals surface area contributed by atoms with Gasteiger partial charge in [0.1, 0.15) is 17.1 Å². The Labute approximate surface area is 278 Å². The summed E-state index contributed by atoms with van der Waals surface area (Å²) in [4.78, 5) is 17.4. The van der Waals surface area contributed by atoms with E-state index in [4.69, 9.17) is 21.7 Å². The van der Waals surface area contributed by atoms with Crippen LogP contribution in [0.15, 0.2) is 146 Å². The van der Waals surface area contributed by atoms with E-state index < -0.39 is 5.41 Å². The SMILES string of the molecule is CCN1C(=O)C(c2c(-c3ccccc3)nn(-c3ccccc3)c2N)(c2c(-c3ccccc3)nn(-c3ccccc3)c2N)c2ccccc21. The van der Waals surface area contributed by atoms with Gasteiger partial charge in [-0.25, -0.2) is 9.36 Å². The van der Waals surface area contributed by atoms with Crippen LogP contribution < -0.4 is 16.4 Å². The van der Waals surface area contributed by atoms with Crippen LogP contribution in [0.2, 0.25) is 0 Å². The van der Waals surface area contributed by atoms with Crippen molar-refractivity contribution < 1.29 is 4.79 Å². The van der Waals surface area contributed by atoms with Gasteiger partial charge in [0.25, 0.3) is 0 Å². The zero-order chi connectivity index (χ0) is 32.8. The Morgan fingerprint density at radius 2 is 0.958 bits per heavy atom. The van der Waals surface area contributed by atoms with Crippen LogP contribution >= 0.6 is 0 Å². The number of carbonyl (C=O) groups is 1. The lowest BCUT2D eigenvalue weighted by Crippen LogP contribution is -2.43. The largest absolute Gasteiger partial charge is 0.383 e. The van der Waals surface area contributed by atoms with E-state index in [1.54, 1.807) is 9.36 Å². The summed E-state index contributed by atoms with van der Waals surface area (Å²) in [6.45, 7) is 2.42. The second kappa shape index (κ2) is 11.4. The number of likely N-dealkylation sites (N-methyl/N-ethyl adjacent to an activating group) is 1. The number of hydrogen-bond acceptors (Lipinski definition) is 5. The molecule has 0 radical (unpaired) electrons. The molecule has 0 bridgehead atoms. The molecule has 8 rings (SSSR count). The molecule has 0 saturated carbocycles. The van der Waals surface area contributed by atoms with Crippen molar-refractivity contribution in [3.05, 3.63) is 162 Å². The first kappa shape index (κ1) is 29.0. The third-order valence-electron chi connectivity index (χ3n) is 9.17. The van der Waals surface area contributed by atoms with Gasteiger partial charge < -0.3 is 16.4 Å². The predicted octanol–water partition coefficient (Wildman–Crippen LogP) is 7.26. The molecule has 5 aromatic carbocycles. The summed E-state index contributed by atoms with van der Waals surface area (Å²) in [6.07, 6.45) is 0. The fourth-order valence-corrected chi connectivity index (χ4v) is 7.11. The summed E-state index contributed by atoms with van der Waals surface area (Å²) in [5.74, 6) is 0.512. The van der Waals surface area contributed by atoms with Crippen LogP contribution in [0.25, 0.3) is 33.9 Å². The Hall–Kier alpha value is -6.41. The molecule has 0 unspecified atom stereocenters. The molecule has 2 aromatic heterocycles. The van der Waals surface area contributed by atoms with E-state index in [2.05, 4.69) is 0 Å². The van der Waals surface area contributed by atoms with Crippen molar-refractivity contribution in [3.63, 3.8) is 0 Å². The van der Waals surface area contributed by atoms with Crippen molar-refractivity contribution in [2.75, 3.05) is 22.9 Å². The van der Waals surface area contributed by atoms with Crippen molar-refractivity contribution in [1.82, 2.24) is 19.6 Å². The van der Waals surface area contributed by atoms with Crippen LogP contribution in [0, 0.1) is 0 Å². The van der Waals surface area contributed by atoms with Crippen molar-refractivity contribution in [3.8, 4) is 33.9 Å². The van der Waals surface area contributed by atoms with Crippen LogP contribution in [0.1, 0.15) is 23.6 Å². The molecule has 4 N–H and O–H groups in total. The van der Waals surface area contributed by atoms with E-state index in [-0.39, 0.29) is 5.91 Å². The minimum Gasteiger partial charge on any atom is -0.383 e. The van der Waals surface area contributed by atoms with E-state index in [1.807, 2.05) is 157 Å². The Morgan fingerprint density at radius 3 is 1.40 bits per heavy atom. The van der Waals surface area contributed by atoms with Gasteiger partial charge >= 0.3 is 0 Å². The molecule has 3 heterocycles. The first-order chi connectivity index (χ1) is 23.6. The van der Waals surface area contributed by atoms with Gasteiger partial charge in [0.05, 0.1) is 22.8 Å². The molecule has 1 aliphatic heterocycles. The maximum atomic E-state index is 15.6. The summed E-state index contributed by atoms with van der Waals surface area (Å²) < 4.78 is 3.45. The number of fused-ring (bicyclic) bond motifs is 1. The van der Waals surface area contributed by atoms with Gasteiger partial charge in [-0.3, -0.25) is 4.79 Å². The van der Waals surface area contributed by atoms with Crippen LogP contribution in [0.3, 0.4) is 0 Å². The maximum Gasteiger partial charge on any atom is 0.247 e. The minimum atomic E-state index is -1.52. The number of anilines is 3. The molecule has 234 valence electrons. The number of benzene rings is 5. The highest BCUT2D eigenvalue weighted by atomic mass is 16.2. The van der Waals surface area contributed by atoms with E-state index >= 15 is 4.79 Å². The minimum absolute atomic E-state index is 0.167. The van der Waals surface area contributed by atoms with Crippen molar-refractivity contribution in [1.29, 1.82) is 0 Å². The highest BCUT2D eigenvalue weighted by Crippen LogP contribution is 2.57. The van der Waals surface area contributed by atoms with Crippen LogP contribution in [0.5, 0.6) is 0 Å². The zero-order valence-corrected chi connectivity index (χ0v) is 26.4. The highest BCUT2D eigenvalue weighted by Gasteiger charge is 2.59. The third-order valence-corrected chi connectivity index (χ3v) is 9.17. The number of nitrogens with zero attached hydrogens (tertiary/aromatic N) is 5. The second-order valence-electron chi connectivity index (χ2n) is 11.8. The summed E-state index contributed by atoms with van der Waals surface area (Å²) in [6, 6.07) is 47.1. The van der Waals surface area contributed by atoms with E-state index in [9.17, 15) is 0 Å². The summed E-state index contributed by atoms with van der Waals surface area (Å²) >= 11 is 0. The number of rotatable bonds is 7. The Balaban J connectivity index is 1.58. The van der Waals surface area contributed by atoms with E-state index in [1.165, 1.54) is 0 Å². The first-order valence-corrected chi connectivity index (χ1v) is 16.0. The molecule has 0 atom stereocenters. The van der Waals surface area contributed by atoms with Crippen molar-refractivity contribution in [2.45, 2.75) is 12.3 Å². The fourth-order valence-electron chi connectivity index (χ4n) is 7.11. The molecule has 0 saturated heterocycles. The summed E-state index contributed by atoms with van der Waals surface area (Å²) in [5.41, 5.74) is 20.1. The van der Waals surface area contributed by atoms with Crippen LogP contribution in [-0.4, -0.2) is 32.0 Å². The van der Waals surface area contributed by atoms with Crippen molar-refractivity contribution >= 4 is 23.2 Å². The van der Waals surface area contributed by atoms with Crippen molar-refractivity contribution in [2.24, 2.45) is 0 Å². The molecule has 48 heavy (non-hydrogen) atoms. The number of aromatic nitrogens is 4. The molecule has 0 spiro atoms. The van der Waals surface area contributed by atoms with Gasteiger partial charge in [-0.15, -0.1) is 0 Å². The standard InChI is InChI=1S/C40H33N7O/c1-2-45-32-26-16-15-25-31(32)40(39(45)48,33-35(27-17-7-3-8-18-27)43-46(37(33)41)29-21-11-5-12-22-29)34-36(28-19-9-4-10-20-28)44-47(38(34)42)30-23-13-6-14-24-30/h3-26H,2,41-42H2,1H3. The molecular formula is C40H33N7O. The molecular weight excluding hydrogens is 594 g/mol. The lowest BCUT2D eigenvalue weighted by atomic mass is 9.68. The van der Waals surface area contributed by atoms with Crippen LogP contribution in [-0.2, 0) is 10.2 Å². The van der Waals surface area contributed by atoms with Gasteiger partial charge in [0, 0.05) is 40.0 Å². The number of amides is 1. The van der Waals surface area contributed by atoms with E-state index in [0.29, 0.717) is 40.7 Å². The number of para-hydroxylation sites is 3. The smallest absolute Gasteiger partial charge is 0.247 e. The molecule has 8 nitrogen and oxygen atoms in total. The Morgan fingerprint density at radius 1 is 0.562 bits per heavy atom. The van der Waals surface area contributed by atoms with E-state index in [0.717, 1.165) is 33.8 Å². The first-order valence-electron chi connectivity index (χ1n) is 16.0. The molecule has 1 amide bonds. The quantitative estimate of drug-likeness (QED) is 0.193. The summed E-state index contributed by atoms with van der Waals surface area (Å²) in [5, 5.41) is 10.3. The number of nitrogen functional groups attached to an aromatic ring is 2. The average molecular weight is 628 g/mol. The normalized spacial score (nSPS) is 13.5. The average Bonchev–Trinajstić information content (AvgIpc) is 3.76. The second-order valence-corrected chi connectivity index (χ2v) is 11.8. The molecule has 0 aliphatic carbocycles. The lowest BCUT2D eigenvalue weighted by molar-refractivity contribution is -0.120. The van der Waals surface area contributed by atoms with Crippen LogP contribution in [0.4, 0.5) is 17.3 Å². The molecule has 1 aliphatic rings. The van der Waals surface area contributed by atoms with Gasteiger partial charge in [-0.1, -0.05) is 115 Å². The molecule has 8 heteroatoms. The lowest BCUT2D eigenvalue weighted by Gasteiger charge is -2.31.